The minimum Gasteiger partial charge on any atom is -0.493 e. The summed E-state index contributed by atoms with van der Waals surface area (Å²) in [6.45, 7) is 4.96. The van der Waals surface area contributed by atoms with E-state index in [0.29, 0.717) is 37.6 Å². The molecule has 0 spiro atoms. The maximum atomic E-state index is 11.8. The normalized spacial score (nSPS) is 10.2. The van der Waals surface area contributed by atoms with Crippen LogP contribution in [-0.4, -0.2) is 44.0 Å². The highest BCUT2D eigenvalue weighted by Gasteiger charge is 2.12. The maximum Gasteiger partial charge on any atom is 0.220 e. The number of benzene rings is 1. The van der Waals surface area contributed by atoms with Crippen LogP contribution in [0.3, 0.4) is 0 Å². The molecule has 6 nitrogen and oxygen atoms in total. The Morgan fingerprint density at radius 1 is 1.17 bits per heavy atom. The average Bonchev–Trinajstić information content (AvgIpc) is 2.58. The van der Waals surface area contributed by atoms with Crippen molar-refractivity contribution < 1.29 is 19.1 Å². The lowest BCUT2D eigenvalue weighted by atomic mass is 10.2. The van der Waals surface area contributed by atoms with E-state index in [0.717, 1.165) is 18.4 Å². The molecule has 0 aromatic heterocycles. The first-order valence-corrected chi connectivity index (χ1v) is 8.24. The molecule has 0 heterocycles. The minimum atomic E-state index is -0.0346. The van der Waals surface area contributed by atoms with Gasteiger partial charge in [-0.1, -0.05) is 19.4 Å². The number of methoxy groups -OCH3 is 2. The fourth-order valence-corrected chi connectivity index (χ4v) is 2.30. The predicted octanol–water partition coefficient (Wildman–Crippen LogP) is 2.36. The summed E-state index contributed by atoms with van der Waals surface area (Å²) in [5, 5.41) is 2.85. The molecular formula is C18H28N2O4. The van der Waals surface area contributed by atoms with Crippen molar-refractivity contribution in [2.45, 2.75) is 39.7 Å². The zero-order valence-electron chi connectivity index (χ0n) is 15.1. The van der Waals surface area contributed by atoms with Crippen molar-refractivity contribution in [3.05, 3.63) is 23.8 Å². The van der Waals surface area contributed by atoms with Gasteiger partial charge in [0.15, 0.2) is 11.5 Å². The summed E-state index contributed by atoms with van der Waals surface area (Å²) in [5.74, 6) is 1.28. The van der Waals surface area contributed by atoms with Crippen LogP contribution in [0.25, 0.3) is 0 Å². The molecule has 1 rings (SSSR count). The maximum absolute atomic E-state index is 11.8. The topological polar surface area (TPSA) is 67.9 Å². The number of hydrogen-bond donors (Lipinski definition) is 1. The number of amides is 2. The predicted molar refractivity (Wildman–Crippen MR) is 93.2 cm³/mol. The highest BCUT2D eigenvalue weighted by Crippen LogP contribution is 2.28. The molecule has 0 atom stereocenters. The molecule has 0 aliphatic carbocycles. The van der Waals surface area contributed by atoms with Crippen LogP contribution < -0.4 is 14.8 Å². The van der Waals surface area contributed by atoms with E-state index >= 15 is 0 Å². The summed E-state index contributed by atoms with van der Waals surface area (Å²) < 4.78 is 10.5. The third kappa shape index (κ3) is 6.48. The molecule has 1 aromatic carbocycles. The number of hydrogen-bond acceptors (Lipinski definition) is 4. The van der Waals surface area contributed by atoms with Crippen molar-refractivity contribution >= 4 is 11.8 Å². The van der Waals surface area contributed by atoms with Gasteiger partial charge >= 0.3 is 0 Å². The molecule has 1 N–H and O–H groups in total. The van der Waals surface area contributed by atoms with E-state index in [-0.39, 0.29) is 11.8 Å². The van der Waals surface area contributed by atoms with E-state index in [2.05, 4.69) is 5.32 Å². The Balaban J connectivity index is 2.60. The fourth-order valence-electron chi connectivity index (χ4n) is 2.30. The summed E-state index contributed by atoms with van der Waals surface area (Å²) in [6, 6.07) is 5.57. The molecule has 0 unspecified atom stereocenters. The van der Waals surface area contributed by atoms with Gasteiger partial charge in [0.05, 0.1) is 14.2 Å². The number of unbranched alkanes of at least 4 members (excludes halogenated alkanes) is 1. The second kappa shape index (κ2) is 10.5. The van der Waals surface area contributed by atoms with Gasteiger partial charge in [-0.2, -0.15) is 0 Å². The summed E-state index contributed by atoms with van der Waals surface area (Å²) in [6.07, 6.45) is 2.41. The minimum absolute atomic E-state index is 0.0338. The SMILES string of the molecule is CCCCC(=O)NCCN(Cc1ccc(OC)c(OC)c1)C(C)=O. The second-order valence-electron chi connectivity index (χ2n) is 5.58. The molecule has 0 fully saturated rings. The van der Waals surface area contributed by atoms with E-state index in [4.69, 9.17) is 9.47 Å². The van der Waals surface area contributed by atoms with E-state index in [9.17, 15) is 9.59 Å². The smallest absolute Gasteiger partial charge is 0.220 e. The molecule has 0 bridgehead atoms. The Bertz CT molecular complexity index is 546. The van der Waals surface area contributed by atoms with E-state index in [1.807, 2.05) is 25.1 Å². The van der Waals surface area contributed by atoms with Gasteiger partial charge in [0.1, 0.15) is 0 Å². The summed E-state index contributed by atoms with van der Waals surface area (Å²) in [7, 11) is 3.16. The van der Waals surface area contributed by atoms with Crippen molar-refractivity contribution in [2.75, 3.05) is 27.3 Å². The van der Waals surface area contributed by atoms with Crippen LogP contribution in [0.1, 0.15) is 38.7 Å². The van der Waals surface area contributed by atoms with Crippen molar-refractivity contribution in [2.24, 2.45) is 0 Å². The van der Waals surface area contributed by atoms with Crippen LogP contribution in [0.2, 0.25) is 0 Å². The number of nitrogens with one attached hydrogen (secondary N) is 1. The van der Waals surface area contributed by atoms with Crippen LogP contribution in [0, 0.1) is 0 Å². The number of carbonyl (C=O) groups excluding carboxylic acids is 2. The van der Waals surface area contributed by atoms with Crippen molar-refractivity contribution in [3.8, 4) is 11.5 Å². The Morgan fingerprint density at radius 2 is 1.88 bits per heavy atom. The van der Waals surface area contributed by atoms with Gasteiger partial charge in [0.2, 0.25) is 11.8 Å². The number of nitrogens with zero attached hydrogens (tertiary/aromatic N) is 1. The van der Waals surface area contributed by atoms with Gasteiger partial charge < -0.3 is 19.7 Å². The summed E-state index contributed by atoms with van der Waals surface area (Å²) in [4.78, 5) is 25.1. The molecule has 0 saturated carbocycles. The van der Waals surface area contributed by atoms with Crippen molar-refractivity contribution in [3.63, 3.8) is 0 Å². The summed E-state index contributed by atoms with van der Waals surface area (Å²) >= 11 is 0. The molecule has 1 aromatic rings. The van der Waals surface area contributed by atoms with Gasteiger partial charge in [-0.3, -0.25) is 9.59 Å². The van der Waals surface area contributed by atoms with Crippen molar-refractivity contribution in [1.29, 1.82) is 0 Å². The first kappa shape index (κ1) is 19.8. The van der Waals surface area contributed by atoms with Gasteiger partial charge in [-0.25, -0.2) is 0 Å². The standard InChI is InChI=1S/C18H28N2O4/c1-5-6-7-18(22)19-10-11-20(14(2)21)13-15-8-9-16(23-3)17(12-15)24-4/h8-9,12H,5-7,10-11,13H2,1-4H3,(H,19,22). The molecule has 0 aliphatic heterocycles. The third-order valence-electron chi connectivity index (χ3n) is 3.73. The lowest BCUT2D eigenvalue weighted by molar-refractivity contribution is -0.130. The zero-order chi connectivity index (χ0) is 17.9. The monoisotopic (exact) mass is 336 g/mol. The highest BCUT2D eigenvalue weighted by molar-refractivity contribution is 5.76. The Labute approximate surface area is 144 Å². The first-order valence-electron chi connectivity index (χ1n) is 8.24. The van der Waals surface area contributed by atoms with Gasteiger partial charge in [-0.05, 0) is 24.1 Å². The first-order chi connectivity index (χ1) is 11.5. The van der Waals surface area contributed by atoms with E-state index in [1.165, 1.54) is 6.92 Å². The fraction of sp³-hybridized carbons (Fsp3) is 0.556. The molecule has 6 heteroatoms. The van der Waals surface area contributed by atoms with Gasteiger partial charge in [0.25, 0.3) is 0 Å². The van der Waals surface area contributed by atoms with Gasteiger partial charge in [-0.15, -0.1) is 0 Å². The average molecular weight is 336 g/mol. The Morgan fingerprint density at radius 3 is 2.46 bits per heavy atom. The zero-order valence-corrected chi connectivity index (χ0v) is 15.1. The number of carbonyl (C=O) groups is 2. The van der Waals surface area contributed by atoms with Crippen LogP contribution >= 0.6 is 0 Å². The Hall–Kier alpha value is -2.24. The van der Waals surface area contributed by atoms with Crippen molar-refractivity contribution in [1.82, 2.24) is 10.2 Å². The van der Waals surface area contributed by atoms with Gasteiger partial charge in [0, 0.05) is 33.0 Å². The second-order valence-corrected chi connectivity index (χ2v) is 5.58. The molecule has 134 valence electrons. The molecule has 0 saturated heterocycles. The van der Waals surface area contributed by atoms with Crippen LogP contribution in [0.5, 0.6) is 11.5 Å². The lowest BCUT2D eigenvalue weighted by Crippen LogP contribution is -2.37. The summed E-state index contributed by atoms with van der Waals surface area (Å²) in [5.41, 5.74) is 0.945. The van der Waals surface area contributed by atoms with Crippen LogP contribution in [-0.2, 0) is 16.1 Å². The largest absolute Gasteiger partial charge is 0.493 e. The van der Waals surface area contributed by atoms with E-state index in [1.54, 1.807) is 19.1 Å². The molecule has 24 heavy (non-hydrogen) atoms. The number of rotatable bonds is 10. The van der Waals surface area contributed by atoms with Crippen LogP contribution in [0.15, 0.2) is 18.2 Å². The van der Waals surface area contributed by atoms with E-state index < -0.39 is 0 Å². The number of ether oxygens (including phenoxy) is 2. The lowest BCUT2D eigenvalue weighted by Gasteiger charge is -2.22. The van der Waals surface area contributed by atoms with Crippen LogP contribution in [0.4, 0.5) is 0 Å². The molecule has 0 aliphatic rings. The Kier molecular flexibility index (Phi) is 8.68. The highest BCUT2D eigenvalue weighted by atomic mass is 16.5. The molecule has 2 amide bonds. The quantitative estimate of drug-likeness (QED) is 0.712. The molecule has 0 radical (unpaired) electrons. The third-order valence-corrected chi connectivity index (χ3v) is 3.73. The molecular weight excluding hydrogens is 308 g/mol.